The zero-order valence-electron chi connectivity index (χ0n) is 9.59. The maximum absolute atomic E-state index is 5.57. The molecular weight excluding hydrogens is 204 g/mol. The highest BCUT2D eigenvalue weighted by Crippen LogP contribution is 2.10. The third kappa shape index (κ3) is 4.31. The van der Waals surface area contributed by atoms with Crippen molar-refractivity contribution in [2.45, 2.75) is 25.7 Å². The number of hydrogen-bond acceptors (Lipinski definition) is 3. The van der Waals surface area contributed by atoms with Crippen LogP contribution in [-0.2, 0) is 20.8 Å². The molecule has 0 radical (unpaired) electrons. The first-order chi connectivity index (χ1) is 7.84. The lowest BCUT2D eigenvalue weighted by Gasteiger charge is -2.12. The molecule has 1 fully saturated rings. The molecule has 1 aliphatic heterocycles. The van der Waals surface area contributed by atoms with Gasteiger partial charge >= 0.3 is 0 Å². The van der Waals surface area contributed by atoms with Crippen LogP contribution in [0.15, 0.2) is 30.3 Å². The van der Waals surface area contributed by atoms with Crippen molar-refractivity contribution >= 4 is 0 Å². The smallest absolute Gasteiger partial charge is 0.104 e. The fraction of sp³-hybridized carbons (Fsp3) is 0.538. The molecule has 0 spiro atoms. The standard InChI is InChI=1S/C13H18O3/c1-11(15-9-13-10-16-13)7-14-8-12-5-3-2-4-6-12/h2-6,11,13H,7-10H2,1H3/t11-,13?/m1/s1. The van der Waals surface area contributed by atoms with E-state index in [2.05, 4.69) is 12.1 Å². The Hall–Kier alpha value is -0.900. The molecule has 88 valence electrons. The van der Waals surface area contributed by atoms with Gasteiger partial charge in [0.05, 0.1) is 32.5 Å². The van der Waals surface area contributed by atoms with Crippen LogP contribution in [0.1, 0.15) is 12.5 Å². The Balaban J connectivity index is 1.56. The molecule has 1 heterocycles. The summed E-state index contributed by atoms with van der Waals surface area (Å²) in [6.07, 6.45) is 0.462. The summed E-state index contributed by atoms with van der Waals surface area (Å²) < 4.78 is 16.2. The number of ether oxygens (including phenoxy) is 3. The fourth-order valence-electron chi connectivity index (χ4n) is 1.40. The molecule has 0 aliphatic carbocycles. The number of benzene rings is 1. The number of epoxide rings is 1. The molecule has 1 aromatic carbocycles. The molecule has 0 bridgehead atoms. The first-order valence-corrected chi connectivity index (χ1v) is 5.69. The second-order valence-corrected chi connectivity index (χ2v) is 4.10. The molecule has 1 saturated heterocycles. The summed E-state index contributed by atoms with van der Waals surface area (Å²) in [6, 6.07) is 10.2. The lowest BCUT2D eigenvalue weighted by molar-refractivity contribution is -0.0166. The lowest BCUT2D eigenvalue weighted by atomic mass is 10.2. The molecule has 2 atom stereocenters. The Morgan fingerprint density at radius 3 is 2.81 bits per heavy atom. The van der Waals surface area contributed by atoms with E-state index in [-0.39, 0.29) is 6.10 Å². The van der Waals surface area contributed by atoms with Crippen LogP contribution in [0.25, 0.3) is 0 Å². The highest BCUT2D eigenvalue weighted by Gasteiger charge is 2.23. The second kappa shape index (κ2) is 5.99. The van der Waals surface area contributed by atoms with Gasteiger partial charge in [-0.25, -0.2) is 0 Å². The molecule has 16 heavy (non-hydrogen) atoms. The number of hydrogen-bond donors (Lipinski definition) is 0. The van der Waals surface area contributed by atoms with Crippen molar-refractivity contribution in [3.63, 3.8) is 0 Å². The van der Waals surface area contributed by atoms with E-state index in [0.29, 0.717) is 25.9 Å². The molecule has 1 aromatic rings. The Labute approximate surface area is 96.3 Å². The van der Waals surface area contributed by atoms with E-state index in [1.165, 1.54) is 5.56 Å². The minimum atomic E-state index is 0.132. The van der Waals surface area contributed by atoms with Crippen molar-refractivity contribution in [3.8, 4) is 0 Å². The molecule has 0 N–H and O–H groups in total. The highest BCUT2D eigenvalue weighted by molar-refractivity contribution is 5.13. The molecule has 3 nitrogen and oxygen atoms in total. The van der Waals surface area contributed by atoms with Crippen LogP contribution in [0.4, 0.5) is 0 Å². The van der Waals surface area contributed by atoms with Gasteiger partial charge in [-0.15, -0.1) is 0 Å². The van der Waals surface area contributed by atoms with Crippen LogP contribution in [-0.4, -0.2) is 32.0 Å². The van der Waals surface area contributed by atoms with E-state index in [1.807, 2.05) is 25.1 Å². The predicted molar refractivity (Wildman–Crippen MR) is 61.3 cm³/mol. The predicted octanol–water partition coefficient (Wildman–Crippen LogP) is 2.01. The van der Waals surface area contributed by atoms with Crippen molar-refractivity contribution in [2.75, 3.05) is 19.8 Å². The first kappa shape index (κ1) is 11.6. The van der Waals surface area contributed by atoms with Crippen LogP contribution in [0.2, 0.25) is 0 Å². The maximum atomic E-state index is 5.57. The van der Waals surface area contributed by atoms with E-state index in [9.17, 15) is 0 Å². The van der Waals surface area contributed by atoms with Crippen LogP contribution < -0.4 is 0 Å². The molecule has 0 aromatic heterocycles. The Morgan fingerprint density at radius 2 is 2.12 bits per heavy atom. The summed E-state index contributed by atoms with van der Waals surface area (Å²) in [6.45, 7) is 4.83. The van der Waals surface area contributed by atoms with E-state index >= 15 is 0 Å². The van der Waals surface area contributed by atoms with Gasteiger partial charge in [-0.1, -0.05) is 30.3 Å². The summed E-state index contributed by atoms with van der Waals surface area (Å²) >= 11 is 0. The topological polar surface area (TPSA) is 31.0 Å². The van der Waals surface area contributed by atoms with Gasteiger partial charge in [0, 0.05) is 0 Å². The van der Waals surface area contributed by atoms with Crippen LogP contribution >= 0.6 is 0 Å². The van der Waals surface area contributed by atoms with Crippen LogP contribution in [0.3, 0.4) is 0 Å². The molecular formula is C13H18O3. The van der Waals surface area contributed by atoms with Crippen molar-refractivity contribution in [2.24, 2.45) is 0 Å². The second-order valence-electron chi connectivity index (χ2n) is 4.10. The summed E-state index contributed by atoms with van der Waals surface area (Å²) in [5.41, 5.74) is 1.19. The zero-order valence-corrected chi connectivity index (χ0v) is 9.59. The highest BCUT2D eigenvalue weighted by atomic mass is 16.6. The average Bonchev–Trinajstić information content (AvgIpc) is 3.12. The van der Waals surface area contributed by atoms with Crippen LogP contribution in [0, 0.1) is 0 Å². The first-order valence-electron chi connectivity index (χ1n) is 5.69. The molecule has 1 unspecified atom stereocenters. The summed E-state index contributed by atoms with van der Waals surface area (Å²) in [4.78, 5) is 0. The lowest BCUT2D eigenvalue weighted by Crippen LogP contribution is -2.18. The summed E-state index contributed by atoms with van der Waals surface area (Å²) in [7, 11) is 0. The van der Waals surface area contributed by atoms with Gasteiger partial charge in [0.15, 0.2) is 0 Å². The Morgan fingerprint density at radius 1 is 1.38 bits per heavy atom. The quantitative estimate of drug-likeness (QED) is 0.661. The van der Waals surface area contributed by atoms with Gasteiger partial charge in [0.2, 0.25) is 0 Å². The summed E-state index contributed by atoms with van der Waals surface area (Å²) in [5.74, 6) is 0. The van der Waals surface area contributed by atoms with Gasteiger partial charge in [-0.05, 0) is 12.5 Å². The molecule has 2 rings (SSSR count). The molecule has 1 aliphatic rings. The van der Waals surface area contributed by atoms with E-state index < -0.39 is 0 Å². The molecule has 0 saturated carbocycles. The third-order valence-electron chi connectivity index (χ3n) is 2.43. The normalized spacial score (nSPS) is 20.7. The van der Waals surface area contributed by atoms with Crippen molar-refractivity contribution in [1.29, 1.82) is 0 Å². The van der Waals surface area contributed by atoms with Gasteiger partial charge in [-0.2, -0.15) is 0 Å². The van der Waals surface area contributed by atoms with Gasteiger partial charge < -0.3 is 14.2 Å². The Bertz CT molecular complexity index is 295. The van der Waals surface area contributed by atoms with Gasteiger partial charge in [-0.3, -0.25) is 0 Å². The van der Waals surface area contributed by atoms with Gasteiger partial charge in [0.25, 0.3) is 0 Å². The minimum absolute atomic E-state index is 0.132. The largest absolute Gasteiger partial charge is 0.374 e. The van der Waals surface area contributed by atoms with E-state index in [0.717, 1.165) is 6.61 Å². The van der Waals surface area contributed by atoms with E-state index in [1.54, 1.807) is 0 Å². The summed E-state index contributed by atoms with van der Waals surface area (Å²) in [5, 5.41) is 0. The minimum Gasteiger partial charge on any atom is -0.374 e. The third-order valence-corrected chi connectivity index (χ3v) is 2.43. The van der Waals surface area contributed by atoms with Crippen molar-refractivity contribution < 1.29 is 14.2 Å². The van der Waals surface area contributed by atoms with Gasteiger partial charge in [0.1, 0.15) is 6.10 Å². The monoisotopic (exact) mass is 222 g/mol. The fourth-order valence-corrected chi connectivity index (χ4v) is 1.40. The molecule has 3 heteroatoms. The van der Waals surface area contributed by atoms with Crippen LogP contribution in [0.5, 0.6) is 0 Å². The zero-order chi connectivity index (χ0) is 11.2. The van der Waals surface area contributed by atoms with Crippen molar-refractivity contribution in [3.05, 3.63) is 35.9 Å². The van der Waals surface area contributed by atoms with Crippen molar-refractivity contribution in [1.82, 2.24) is 0 Å². The average molecular weight is 222 g/mol. The number of rotatable bonds is 7. The Kier molecular flexibility index (Phi) is 4.34. The SMILES string of the molecule is C[C@H](COCc1ccccc1)OCC1CO1. The van der Waals surface area contributed by atoms with E-state index in [4.69, 9.17) is 14.2 Å². The molecule has 0 amide bonds. The maximum Gasteiger partial charge on any atom is 0.104 e.